The van der Waals surface area contributed by atoms with Crippen molar-refractivity contribution in [2.45, 2.75) is 17.7 Å². The van der Waals surface area contributed by atoms with Gasteiger partial charge < -0.3 is 4.74 Å². The van der Waals surface area contributed by atoms with Crippen molar-refractivity contribution in [3.8, 4) is 5.75 Å². The molecule has 4 aromatic carbocycles. The zero-order chi connectivity index (χ0) is 31.0. The van der Waals surface area contributed by atoms with Gasteiger partial charge in [-0.05, 0) is 77.9 Å². The molecule has 4 aromatic rings. The number of nitrogens with zero attached hydrogens (tertiary/aromatic N) is 3. The Morgan fingerprint density at radius 3 is 2.26 bits per heavy atom. The van der Waals surface area contributed by atoms with Crippen LogP contribution < -0.4 is 14.5 Å². The van der Waals surface area contributed by atoms with Crippen LogP contribution >= 0.6 is 0 Å². The largest absolute Gasteiger partial charge is 0.489 e. The van der Waals surface area contributed by atoms with Crippen molar-refractivity contribution >= 4 is 33.5 Å². The fraction of sp³-hybridized carbons (Fsp3) is 0.103. The summed E-state index contributed by atoms with van der Waals surface area (Å²) in [6, 6.07) is 23.2. The van der Waals surface area contributed by atoms with Gasteiger partial charge in [0.2, 0.25) is 0 Å². The van der Waals surface area contributed by atoms with Gasteiger partial charge in [-0.2, -0.15) is 18.3 Å². The molecule has 0 heterocycles. The Hall–Kier alpha value is -5.24. The van der Waals surface area contributed by atoms with E-state index in [1.807, 2.05) is 0 Å². The van der Waals surface area contributed by atoms with Crippen LogP contribution in [0, 0.1) is 10.1 Å². The number of hydrazone groups is 1. The summed E-state index contributed by atoms with van der Waals surface area (Å²) in [4.78, 5) is 22.8. The molecule has 0 unspecified atom stereocenters. The molecule has 0 saturated heterocycles. The standard InChI is InChI=1S/C29H23F3N4O6S/c30-29(31,32)23-5-4-6-25(17-23)35(43(40,41)27-7-2-1-3-8-27)19-28(37)34-33-18-21-11-15-26(16-12-21)42-20-22-9-13-24(14-10-22)36(38)39/h1-18H,19-20H2,(H,34,37)/b33-18-. The molecule has 0 aliphatic rings. The smallest absolute Gasteiger partial charge is 0.416 e. The Balaban J connectivity index is 1.42. The summed E-state index contributed by atoms with van der Waals surface area (Å²) in [6.07, 6.45) is -3.44. The maximum absolute atomic E-state index is 13.3. The minimum atomic E-state index is -4.73. The van der Waals surface area contributed by atoms with Crippen LogP contribution in [-0.2, 0) is 27.6 Å². The molecule has 14 heteroatoms. The van der Waals surface area contributed by atoms with Crippen molar-refractivity contribution in [3.05, 3.63) is 130 Å². The highest BCUT2D eigenvalue weighted by atomic mass is 32.2. The summed E-state index contributed by atoms with van der Waals surface area (Å²) < 4.78 is 72.9. The molecule has 4 rings (SSSR count). The van der Waals surface area contributed by atoms with E-state index >= 15 is 0 Å². The topological polar surface area (TPSA) is 131 Å². The van der Waals surface area contributed by atoms with Gasteiger partial charge >= 0.3 is 6.18 Å². The number of nitro benzene ring substituents is 1. The first-order valence-corrected chi connectivity index (χ1v) is 13.9. The quantitative estimate of drug-likeness (QED) is 0.135. The Morgan fingerprint density at radius 1 is 0.953 bits per heavy atom. The molecule has 1 N–H and O–H groups in total. The van der Waals surface area contributed by atoms with Crippen LogP contribution in [0.15, 0.2) is 113 Å². The predicted octanol–water partition coefficient (Wildman–Crippen LogP) is 5.54. The van der Waals surface area contributed by atoms with E-state index in [9.17, 15) is 36.5 Å². The van der Waals surface area contributed by atoms with Gasteiger partial charge in [-0.3, -0.25) is 19.2 Å². The first kappa shape index (κ1) is 30.7. The molecule has 43 heavy (non-hydrogen) atoms. The fourth-order valence-corrected chi connectivity index (χ4v) is 5.18. The highest BCUT2D eigenvalue weighted by Gasteiger charge is 2.33. The molecule has 0 bridgehead atoms. The number of alkyl halides is 3. The third-order valence-corrected chi connectivity index (χ3v) is 7.70. The van der Waals surface area contributed by atoms with E-state index < -0.39 is 39.1 Å². The number of nitrogens with one attached hydrogen (secondary N) is 1. The Bertz CT molecular complexity index is 1710. The molecule has 0 radical (unpaired) electrons. The number of anilines is 1. The Morgan fingerprint density at radius 2 is 1.63 bits per heavy atom. The second-order valence-corrected chi connectivity index (χ2v) is 10.8. The van der Waals surface area contributed by atoms with Crippen molar-refractivity contribution in [2.75, 3.05) is 10.8 Å². The van der Waals surface area contributed by atoms with Crippen molar-refractivity contribution in [1.29, 1.82) is 0 Å². The van der Waals surface area contributed by atoms with Crippen molar-refractivity contribution < 1.29 is 36.0 Å². The van der Waals surface area contributed by atoms with Gasteiger partial charge in [0.1, 0.15) is 18.9 Å². The summed E-state index contributed by atoms with van der Waals surface area (Å²) in [5.74, 6) is -0.390. The van der Waals surface area contributed by atoms with E-state index in [4.69, 9.17) is 4.74 Å². The van der Waals surface area contributed by atoms with Crippen molar-refractivity contribution in [1.82, 2.24) is 5.43 Å². The monoisotopic (exact) mass is 612 g/mol. The lowest BCUT2D eigenvalue weighted by Gasteiger charge is -2.24. The SMILES string of the molecule is O=C(CN(c1cccc(C(F)(F)F)c1)S(=O)(=O)c1ccccc1)N/N=C\c1ccc(OCc2ccc([N+](=O)[O-])cc2)cc1. The van der Waals surface area contributed by atoms with Gasteiger partial charge in [0.05, 0.1) is 27.3 Å². The number of hydrogen-bond donors (Lipinski definition) is 1. The number of amides is 1. The molecule has 0 aromatic heterocycles. The van der Waals surface area contributed by atoms with Crippen LogP contribution in [0.25, 0.3) is 0 Å². The normalized spacial score (nSPS) is 11.7. The number of sulfonamides is 1. The maximum atomic E-state index is 13.3. The number of ether oxygens (including phenoxy) is 1. The lowest BCUT2D eigenvalue weighted by molar-refractivity contribution is -0.384. The molecule has 0 fully saturated rings. The second-order valence-electron chi connectivity index (χ2n) is 8.95. The Kier molecular flexibility index (Phi) is 9.40. The number of carbonyl (C=O) groups excluding carboxylic acids is 1. The van der Waals surface area contributed by atoms with Gasteiger partial charge in [0, 0.05) is 12.1 Å². The lowest BCUT2D eigenvalue weighted by atomic mass is 10.2. The summed E-state index contributed by atoms with van der Waals surface area (Å²) in [5, 5.41) is 14.6. The molecule has 0 saturated carbocycles. The summed E-state index contributed by atoms with van der Waals surface area (Å²) in [6.45, 7) is -0.666. The molecule has 0 atom stereocenters. The molecule has 1 amide bonds. The summed E-state index contributed by atoms with van der Waals surface area (Å²) in [7, 11) is -4.42. The minimum Gasteiger partial charge on any atom is -0.489 e. The molecule has 0 aliphatic heterocycles. The molecular weight excluding hydrogens is 589 g/mol. The number of rotatable bonds is 11. The average molecular weight is 613 g/mol. The molecular formula is C29H23F3N4O6S. The molecule has 0 spiro atoms. The summed E-state index contributed by atoms with van der Waals surface area (Å²) in [5.41, 5.74) is 2.03. The third kappa shape index (κ3) is 8.16. The molecule has 222 valence electrons. The van der Waals surface area contributed by atoms with Crippen LogP contribution in [0.3, 0.4) is 0 Å². The van der Waals surface area contributed by atoms with E-state index in [1.165, 1.54) is 42.6 Å². The highest BCUT2D eigenvalue weighted by Crippen LogP contribution is 2.33. The molecule has 0 aliphatic carbocycles. The van der Waals surface area contributed by atoms with Gasteiger partial charge in [-0.15, -0.1) is 0 Å². The third-order valence-electron chi connectivity index (χ3n) is 5.92. The zero-order valence-electron chi connectivity index (χ0n) is 22.1. The van der Waals surface area contributed by atoms with E-state index in [2.05, 4.69) is 10.5 Å². The number of nitro groups is 1. The van der Waals surface area contributed by atoms with Crippen LogP contribution in [0.2, 0.25) is 0 Å². The van der Waals surface area contributed by atoms with E-state index in [0.29, 0.717) is 21.7 Å². The van der Waals surface area contributed by atoms with Gasteiger partial charge in [-0.25, -0.2) is 13.8 Å². The molecule has 10 nitrogen and oxygen atoms in total. The minimum absolute atomic E-state index is 0.0272. The van der Waals surface area contributed by atoms with Gasteiger partial charge in [0.25, 0.3) is 21.6 Å². The van der Waals surface area contributed by atoms with Crippen LogP contribution in [-0.4, -0.2) is 32.0 Å². The van der Waals surface area contributed by atoms with E-state index in [-0.39, 0.29) is 22.9 Å². The number of halogens is 3. The van der Waals surface area contributed by atoms with Crippen LogP contribution in [0.5, 0.6) is 5.75 Å². The zero-order valence-corrected chi connectivity index (χ0v) is 23.0. The first-order valence-electron chi connectivity index (χ1n) is 12.5. The number of hydrogen-bond acceptors (Lipinski definition) is 7. The van der Waals surface area contributed by atoms with Crippen molar-refractivity contribution in [3.63, 3.8) is 0 Å². The van der Waals surface area contributed by atoms with E-state index in [0.717, 1.165) is 23.8 Å². The van der Waals surface area contributed by atoms with Crippen molar-refractivity contribution in [2.24, 2.45) is 5.10 Å². The van der Waals surface area contributed by atoms with E-state index in [1.54, 1.807) is 42.5 Å². The Labute approximate surface area is 244 Å². The average Bonchev–Trinajstić information content (AvgIpc) is 2.99. The van der Waals surface area contributed by atoms with Crippen LogP contribution in [0.1, 0.15) is 16.7 Å². The predicted molar refractivity (Wildman–Crippen MR) is 152 cm³/mol. The highest BCUT2D eigenvalue weighted by molar-refractivity contribution is 7.92. The lowest BCUT2D eigenvalue weighted by Crippen LogP contribution is -2.39. The first-order chi connectivity index (χ1) is 20.4. The van der Waals surface area contributed by atoms with Crippen LogP contribution in [0.4, 0.5) is 24.5 Å². The number of non-ortho nitro benzene ring substituents is 1. The maximum Gasteiger partial charge on any atom is 0.416 e. The fourth-order valence-electron chi connectivity index (χ4n) is 3.75. The van der Waals surface area contributed by atoms with Gasteiger partial charge in [0.15, 0.2) is 0 Å². The number of carbonyl (C=O) groups is 1. The van der Waals surface area contributed by atoms with Gasteiger partial charge in [-0.1, -0.05) is 24.3 Å². The number of benzene rings is 4. The second kappa shape index (κ2) is 13.2. The summed E-state index contributed by atoms with van der Waals surface area (Å²) >= 11 is 0.